The molecule has 5 rings (SSSR count). The van der Waals surface area contributed by atoms with Gasteiger partial charge >= 0.3 is 0 Å². The second kappa shape index (κ2) is 9.05. The number of carbonyl (C=O) groups excluding carboxylic acids is 1. The molecule has 0 saturated carbocycles. The van der Waals surface area contributed by atoms with Gasteiger partial charge in [0.1, 0.15) is 5.82 Å². The molecule has 31 heavy (non-hydrogen) atoms. The summed E-state index contributed by atoms with van der Waals surface area (Å²) in [5, 5.41) is 1.82. The Kier molecular flexibility index (Phi) is 6.01. The zero-order valence-electron chi connectivity index (χ0n) is 17.4. The van der Waals surface area contributed by atoms with Crippen molar-refractivity contribution in [2.45, 2.75) is 30.6 Å². The fourth-order valence-corrected chi connectivity index (χ4v) is 5.81. The normalized spacial score (nSPS) is 16.4. The maximum atomic E-state index is 13.0. The highest BCUT2D eigenvalue weighted by atomic mass is 35.5. The SMILES string of the molecule is O=C(CSc1c2c(nc3cc(Cl)ccc13)CCCC2)N1CCN(c2ccccn2)CC1. The largest absolute Gasteiger partial charge is 0.353 e. The minimum atomic E-state index is 0.203. The minimum Gasteiger partial charge on any atom is -0.353 e. The molecular weight excluding hydrogens is 428 g/mol. The summed E-state index contributed by atoms with van der Waals surface area (Å²) in [6.45, 7) is 3.11. The number of aryl methyl sites for hydroxylation is 1. The highest BCUT2D eigenvalue weighted by Crippen LogP contribution is 2.37. The second-order valence-electron chi connectivity index (χ2n) is 8.08. The van der Waals surface area contributed by atoms with Crippen molar-refractivity contribution in [3.63, 3.8) is 0 Å². The van der Waals surface area contributed by atoms with Crippen molar-refractivity contribution in [2.24, 2.45) is 0 Å². The Morgan fingerprint density at radius 2 is 1.90 bits per heavy atom. The van der Waals surface area contributed by atoms with Crippen LogP contribution in [0.5, 0.6) is 0 Å². The van der Waals surface area contributed by atoms with E-state index in [0.29, 0.717) is 10.8 Å². The molecule has 3 heterocycles. The van der Waals surface area contributed by atoms with E-state index in [1.165, 1.54) is 29.0 Å². The zero-order chi connectivity index (χ0) is 21.2. The molecule has 1 aromatic carbocycles. The lowest BCUT2D eigenvalue weighted by Gasteiger charge is -2.35. The van der Waals surface area contributed by atoms with E-state index in [1.54, 1.807) is 11.8 Å². The Balaban J connectivity index is 1.29. The van der Waals surface area contributed by atoms with Crippen molar-refractivity contribution in [1.82, 2.24) is 14.9 Å². The van der Waals surface area contributed by atoms with E-state index in [4.69, 9.17) is 16.6 Å². The highest BCUT2D eigenvalue weighted by Gasteiger charge is 2.24. The van der Waals surface area contributed by atoms with Crippen LogP contribution in [0.15, 0.2) is 47.5 Å². The minimum absolute atomic E-state index is 0.203. The van der Waals surface area contributed by atoms with Crippen LogP contribution in [0.4, 0.5) is 5.82 Å². The molecule has 1 amide bonds. The van der Waals surface area contributed by atoms with Crippen LogP contribution in [0.1, 0.15) is 24.1 Å². The van der Waals surface area contributed by atoms with Crippen molar-refractivity contribution in [3.8, 4) is 0 Å². The van der Waals surface area contributed by atoms with Gasteiger partial charge in [-0.3, -0.25) is 9.78 Å². The third-order valence-corrected chi connectivity index (χ3v) is 7.50. The molecule has 2 aliphatic rings. The Hall–Kier alpha value is -2.31. The number of carbonyl (C=O) groups is 1. The fourth-order valence-electron chi connectivity index (χ4n) is 4.47. The lowest BCUT2D eigenvalue weighted by Crippen LogP contribution is -2.49. The molecule has 1 fully saturated rings. The van der Waals surface area contributed by atoms with Crippen LogP contribution < -0.4 is 4.90 Å². The van der Waals surface area contributed by atoms with E-state index < -0.39 is 0 Å². The Labute approximate surface area is 191 Å². The fraction of sp³-hybridized carbons (Fsp3) is 0.375. The third-order valence-electron chi connectivity index (χ3n) is 6.12. The first-order chi connectivity index (χ1) is 15.2. The number of pyridine rings is 2. The van der Waals surface area contributed by atoms with Gasteiger partial charge in [-0.1, -0.05) is 23.7 Å². The second-order valence-corrected chi connectivity index (χ2v) is 9.50. The summed E-state index contributed by atoms with van der Waals surface area (Å²) >= 11 is 7.89. The Morgan fingerprint density at radius 1 is 1.06 bits per heavy atom. The van der Waals surface area contributed by atoms with Crippen LogP contribution in [0.2, 0.25) is 5.02 Å². The summed E-state index contributed by atoms with van der Waals surface area (Å²) < 4.78 is 0. The van der Waals surface area contributed by atoms with Crippen molar-refractivity contribution in [2.75, 3.05) is 36.8 Å². The molecule has 0 bridgehead atoms. The van der Waals surface area contributed by atoms with Gasteiger partial charge in [-0.25, -0.2) is 4.98 Å². The van der Waals surface area contributed by atoms with E-state index in [1.807, 2.05) is 41.4 Å². The first-order valence-corrected chi connectivity index (χ1v) is 12.2. The standard InChI is InChI=1S/C24H25ClN4OS/c25-17-8-9-19-21(15-17)27-20-6-2-1-5-18(20)24(19)31-16-23(30)29-13-11-28(12-14-29)22-7-3-4-10-26-22/h3-4,7-10,15H,1-2,5-6,11-14,16H2. The Morgan fingerprint density at radius 3 is 2.71 bits per heavy atom. The predicted octanol–water partition coefficient (Wildman–Crippen LogP) is 4.60. The molecular formula is C24H25ClN4OS. The quantitative estimate of drug-likeness (QED) is 0.541. The number of rotatable bonds is 4. The number of piperazine rings is 1. The van der Waals surface area contributed by atoms with Crippen molar-refractivity contribution < 1.29 is 4.79 Å². The van der Waals surface area contributed by atoms with Gasteiger partial charge in [-0.05, 0) is 55.5 Å². The van der Waals surface area contributed by atoms with E-state index >= 15 is 0 Å². The molecule has 0 spiro atoms. The van der Waals surface area contributed by atoms with E-state index in [2.05, 4.69) is 16.0 Å². The summed E-state index contributed by atoms with van der Waals surface area (Å²) in [5.74, 6) is 1.64. The number of aromatic nitrogens is 2. The van der Waals surface area contributed by atoms with E-state index in [0.717, 1.165) is 55.7 Å². The molecule has 7 heteroatoms. The summed E-state index contributed by atoms with van der Waals surface area (Å²) in [7, 11) is 0. The summed E-state index contributed by atoms with van der Waals surface area (Å²) in [5.41, 5.74) is 3.45. The maximum absolute atomic E-state index is 13.0. The molecule has 0 unspecified atom stereocenters. The van der Waals surface area contributed by atoms with Gasteiger partial charge in [0.15, 0.2) is 0 Å². The monoisotopic (exact) mass is 452 g/mol. The number of benzene rings is 1. The van der Waals surface area contributed by atoms with Crippen LogP contribution in [0.25, 0.3) is 10.9 Å². The number of halogens is 1. The molecule has 1 aliphatic carbocycles. The first-order valence-electron chi connectivity index (χ1n) is 10.9. The molecule has 0 atom stereocenters. The number of anilines is 1. The van der Waals surface area contributed by atoms with Crippen LogP contribution in [0.3, 0.4) is 0 Å². The lowest BCUT2D eigenvalue weighted by atomic mass is 9.94. The number of nitrogens with zero attached hydrogens (tertiary/aromatic N) is 4. The van der Waals surface area contributed by atoms with Crippen LogP contribution in [-0.4, -0.2) is 52.7 Å². The third kappa shape index (κ3) is 4.37. The molecule has 1 aliphatic heterocycles. The van der Waals surface area contributed by atoms with Crippen LogP contribution in [-0.2, 0) is 17.6 Å². The van der Waals surface area contributed by atoms with Gasteiger partial charge in [0.2, 0.25) is 5.91 Å². The number of fused-ring (bicyclic) bond motifs is 2. The molecule has 3 aromatic rings. The average Bonchev–Trinajstić information content (AvgIpc) is 2.82. The predicted molar refractivity (Wildman–Crippen MR) is 127 cm³/mol. The van der Waals surface area contributed by atoms with Gasteiger partial charge in [0.05, 0.1) is 11.3 Å². The number of hydrogen-bond donors (Lipinski definition) is 0. The molecule has 0 radical (unpaired) electrons. The smallest absolute Gasteiger partial charge is 0.233 e. The van der Waals surface area contributed by atoms with Gasteiger partial charge in [-0.2, -0.15) is 0 Å². The van der Waals surface area contributed by atoms with E-state index in [-0.39, 0.29) is 5.91 Å². The average molecular weight is 453 g/mol. The Bertz CT molecular complexity index is 1100. The van der Waals surface area contributed by atoms with Crippen molar-refractivity contribution >= 4 is 46.0 Å². The number of thioether (sulfide) groups is 1. The lowest BCUT2D eigenvalue weighted by molar-refractivity contribution is -0.128. The van der Waals surface area contributed by atoms with Gasteiger partial charge in [-0.15, -0.1) is 11.8 Å². The summed E-state index contributed by atoms with van der Waals surface area (Å²) in [6.07, 6.45) is 6.23. The summed E-state index contributed by atoms with van der Waals surface area (Å²) in [6, 6.07) is 11.9. The molecule has 5 nitrogen and oxygen atoms in total. The molecule has 0 N–H and O–H groups in total. The van der Waals surface area contributed by atoms with Crippen molar-refractivity contribution in [3.05, 3.63) is 58.9 Å². The van der Waals surface area contributed by atoms with Gasteiger partial charge < -0.3 is 9.80 Å². The van der Waals surface area contributed by atoms with Crippen LogP contribution in [0, 0.1) is 0 Å². The van der Waals surface area contributed by atoms with Crippen LogP contribution >= 0.6 is 23.4 Å². The topological polar surface area (TPSA) is 49.3 Å². The zero-order valence-corrected chi connectivity index (χ0v) is 19.0. The van der Waals surface area contributed by atoms with Gasteiger partial charge in [0.25, 0.3) is 0 Å². The number of hydrogen-bond acceptors (Lipinski definition) is 5. The van der Waals surface area contributed by atoms with E-state index in [9.17, 15) is 4.79 Å². The van der Waals surface area contributed by atoms with Crippen molar-refractivity contribution in [1.29, 1.82) is 0 Å². The first kappa shape index (κ1) is 20.6. The molecule has 2 aromatic heterocycles. The molecule has 1 saturated heterocycles. The highest BCUT2D eigenvalue weighted by molar-refractivity contribution is 8.00. The number of amides is 1. The maximum Gasteiger partial charge on any atom is 0.233 e. The summed E-state index contributed by atoms with van der Waals surface area (Å²) in [4.78, 5) is 27.8. The molecule has 160 valence electrons. The van der Waals surface area contributed by atoms with Gasteiger partial charge in [0, 0.05) is 53.4 Å².